The summed E-state index contributed by atoms with van der Waals surface area (Å²) < 4.78 is 49.9. The van der Waals surface area contributed by atoms with Crippen LogP contribution in [0.4, 0.5) is 13.2 Å². The summed E-state index contributed by atoms with van der Waals surface area (Å²) in [6.07, 6.45) is -4.03. The molecule has 1 aromatic carbocycles. The van der Waals surface area contributed by atoms with Gasteiger partial charge in [-0.1, -0.05) is 30.3 Å². The summed E-state index contributed by atoms with van der Waals surface area (Å²) in [4.78, 5) is 12.1. The number of esters is 1. The fraction of sp³-hybridized carbons (Fsp3) is 0.533. The molecule has 2 atom stereocenters. The Bertz CT molecular complexity index is 477. The summed E-state index contributed by atoms with van der Waals surface area (Å²) in [6.45, 7) is 1.60. The zero-order valence-electron chi connectivity index (χ0n) is 12.3. The maximum Gasteiger partial charge on any atom is 0.432 e. The largest absolute Gasteiger partial charge is 0.463 e. The second-order valence-corrected chi connectivity index (χ2v) is 5.55. The van der Waals surface area contributed by atoms with Gasteiger partial charge in [-0.2, -0.15) is 13.2 Å². The maximum absolute atomic E-state index is 13.5. The molecule has 0 bridgehead atoms. The van der Waals surface area contributed by atoms with E-state index in [4.69, 9.17) is 16.3 Å². The molecule has 22 heavy (non-hydrogen) atoms. The second kappa shape index (κ2) is 7.83. The number of methoxy groups -OCH3 is 1. The predicted octanol–water partition coefficient (Wildman–Crippen LogP) is 4.04. The number of ether oxygens (including phenoxy) is 2. The molecule has 124 valence electrons. The van der Waals surface area contributed by atoms with E-state index in [1.165, 1.54) is 24.3 Å². The normalized spacial score (nSPS) is 15.9. The number of alkyl halides is 4. The molecule has 1 rings (SSSR count). The third-order valence-corrected chi connectivity index (χ3v) is 3.37. The molecule has 0 aromatic heterocycles. The molecule has 3 nitrogen and oxygen atoms in total. The van der Waals surface area contributed by atoms with E-state index in [0.717, 1.165) is 7.11 Å². The van der Waals surface area contributed by atoms with E-state index in [-0.39, 0.29) is 17.5 Å². The van der Waals surface area contributed by atoms with Crippen LogP contribution in [0.15, 0.2) is 30.3 Å². The maximum atomic E-state index is 13.5. The van der Waals surface area contributed by atoms with Gasteiger partial charge in [-0.3, -0.25) is 0 Å². The quantitative estimate of drug-likeness (QED) is 0.427. The second-order valence-electron chi connectivity index (χ2n) is 4.81. The minimum absolute atomic E-state index is 0.136. The van der Waals surface area contributed by atoms with Crippen LogP contribution >= 0.6 is 11.6 Å². The summed E-state index contributed by atoms with van der Waals surface area (Å²) in [5, 5.41) is -0.136. The van der Waals surface area contributed by atoms with Gasteiger partial charge in [0.1, 0.15) is 0 Å². The third kappa shape index (κ3) is 4.14. The number of halogens is 4. The van der Waals surface area contributed by atoms with Crippen molar-refractivity contribution in [2.45, 2.75) is 36.9 Å². The van der Waals surface area contributed by atoms with E-state index >= 15 is 0 Å². The van der Waals surface area contributed by atoms with Crippen LogP contribution in [0.1, 0.15) is 25.3 Å². The van der Waals surface area contributed by atoms with Crippen molar-refractivity contribution >= 4 is 17.6 Å². The van der Waals surface area contributed by atoms with Gasteiger partial charge in [-0.25, -0.2) is 4.79 Å². The van der Waals surface area contributed by atoms with Gasteiger partial charge in [-0.15, -0.1) is 11.6 Å². The first-order valence-corrected chi connectivity index (χ1v) is 7.18. The van der Waals surface area contributed by atoms with E-state index in [9.17, 15) is 18.0 Å². The molecule has 0 aliphatic carbocycles. The average molecular weight is 339 g/mol. The number of hydrogen-bond acceptors (Lipinski definition) is 3. The molecule has 0 heterocycles. The molecule has 0 N–H and O–H groups in total. The number of carbonyl (C=O) groups excluding carboxylic acids is 1. The highest BCUT2D eigenvalue weighted by Crippen LogP contribution is 2.42. The number of hydrogen-bond donors (Lipinski definition) is 0. The minimum Gasteiger partial charge on any atom is -0.463 e. The Kier molecular flexibility index (Phi) is 6.68. The van der Waals surface area contributed by atoms with Gasteiger partial charge in [0.25, 0.3) is 5.60 Å². The first kappa shape index (κ1) is 18.8. The van der Waals surface area contributed by atoms with Crippen molar-refractivity contribution in [3.05, 3.63) is 35.9 Å². The van der Waals surface area contributed by atoms with Crippen LogP contribution in [0.25, 0.3) is 0 Å². The smallest absolute Gasteiger partial charge is 0.432 e. The van der Waals surface area contributed by atoms with Crippen LogP contribution in [0.2, 0.25) is 0 Å². The van der Waals surface area contributed by atoms with E-state index < -0.39 is 17.7 Å². The van der Waals surface area contributed by atoms with Crippen LogP contribution in [0.3, 0.4) is 0 Å². The van der Waals surface area contributed by atoms with Crippen LogP contribution < -0.4 is 0 Å². The molecule has 1 aromatic rings. The van der Waals surface area contributed by atoms with Gasteiger partial charge >= 0.3 is 12.1 Å². The summed E-state index contributed by atoms with van der Waals surface area (Å²) in [5.74, 6) is -1.48. The van der Waals surface area contributed by atoms with Crippen LogP contribution in [-0.2, 0) is 19.9 Å². The van der Waals surface area contributed by atoms with Crippen LogP contribution in [0, 0.1) is 0 Å². The molecule has 0 fully saturated rings. The Labute approximate surface area is 132 Å². The van der Waals surface area contributed by atoms with Crippen molar-refractivity contribution in [3.63, 3.8) is 0 Å². The van der Waals surface area contributed by atoms with E-state index in [1.807, 2.05) is 0 Å². The zero-order valence-corrected chi connectivity index (χ0v) is 13.1. The first-order valence-electron chi connectivity index (χ1n) is 6.74. The summed E-state index contributed by atoms with van der Waals surface area (Å²) >= 11 is 5.73. The van der Waals surface area contributed by atoms with E-state index in [1.54, 1.807) is 13.0 Å². The lowest BCUT2D eigenvalue weighted by molar-refractivity contribution is -0.276. The van der Waals surface area contributed by atoms with Gasteiger partial charge in [0, 0.05) is 18.1 Å². The summed E-state index contributed by atoms with van der Waals surface area (Å²) in [6, 6.07) is 6.71. The third-order valence-electron chi connectivity index (χ3n) is 3.15. The molecule has 7 heteroatoms. The van der Waals surface area contributed by atoms with Crippen LogP contribution in [-0.4, -0.2) is 31.2 Å². The molecule has 0 saturated heterocycles. The van der Waals surface area contributed by atoms with Crippen molar-refractivity contribution < 1.29 is 27.4 Å². The number of rotatable bonds is 7. The Morgan fingerprint density at radius 1 is 1.27 bits per heavy atom. The van der Waals surface area contributed by atoms with Crippen molar-refractivity contribution in [2.75, 3.05) is 13.7 Å². The predicted molar refractivity (Wildman–Crippen MR) is 76.7 cm³/mol. The zero-order chi connectivity index (χ0) is 16.8. The van der Waals surface area contributed by atoms with Gasteiger partial charge in [0.15, 0.2) is 0 Å². The lowest BCUT2D eigenvalue weighted by atomic mass is 9.93. The number of carbonyl (C=O) groups is 1. The van der Waals surface area contributed by atoms with Crippen molar-refractivity contribution in [3.8, 4) is 0 Å². The summed E-state index contributed by atoms with van der Waals surface area (Å²) in [7, 11) is 0.836. The van der Waals surface area contributed by atoms with E-state index in [2.05, 4.69) is 4.74 Å². The SMILES string of the molecule is COC(C(=O)OCCCC(C)Cl)(c1ccccc1)C(F)(F)F. The minimum atomic E-state index is -4.94. The topological polar surface area (TPSA) is 35.5 Å². The molecule has 0 saturated carbocycles. The molecule has 0 amide bonds. The standard InChI is InChI=1S/C15H18ClF3O3/c1-11(16)7-6-10-22-13(20)14(21-2,15(17,18)19)12-8-4-3-5-9-12/h3-5,8-9,11H,6-7,10H2,1-2H3. The molecular formula is C15H18ClF3O3. The van der Waals surface area contributed by atoms with Crippen molar-refractivity contribution in [1.82, 2.24) is 0 Å². The average Bonchev–Trinajstić information content (AvgIpc) is 2.44. The lowest BCUT2D eigenvalue weighted by Gasteiger charge is -2.32. The van der Waals surface area contributed by atoms with Gasteiger partial charge in [0.2, 0.25) is 0 Å². The molecular weight excluding hydrogens is 321 g/mol. The Hall–Kier alpha value is -1.27. The van der Waals surface area contributed by atoms with Gasteiger partial charge in [0.05, 0.1) is 6.61 Å². The van der Waals surface area contributed by atoms with Crippen molar-refractivity contribution in [1.29, 1.82) is 0 Å². The summed E-state index contributed by atoms with van der Waals surface area (Å²) in [5.41, 5.74) is -3.44. The highest BCUT2D eigenvalue weighted by molar-refractivity contribution is 6.20. The van der Waals surface area contributed by atoms with Gasteiger partial charge in [-0.05, 0) is 19.8 Å². The Morgan fingerprint density at radius 3 is 2.32 bits per heavy atom. The molecule has 0 aliphatic rings. The van der Waals surface area contributed by atoms with Crippen LogP contribution in [0.5, 0.6) is 0 Å². The monoisotopic (exact) mass is 338 g/mol. The van der Waals surface area contributed by atoms with Gasteiger partial charge < -0.3 is 9.47 Å². The van der Waals surface area contributed by atoms with Crippen molar-refractivity contribution in [2.24, 2.45) is 0 Å². The fourth-order valence-corrected chi connectivity index (χ4v) is 2.17. The Balaban J connectivity index is 2.99. The number of benzene rings is 1. The highest BCUT2D eigenvalue weighted by atomic mass is 35.5. The molecule has 0 spiro atoms. The Morgan fingerprint density at radius 2 is 1.86 bits per heavy atom. The molecule has 0 aliphatic heterocycles. The lowest BCUT2D eigenvalue weighted by Crippen LogP contribution is -2.51. The highest BCUT2D eigenvalue weighted by Gasteiger charge is 2.64. The van der Waals surface area contributed by atoms with E-state index in [0.29, 0.717) is 12.8 Å². The molecule has 0 radical (unpaired) electrons. The molecule has 2 unspecified atom stereocenters. The first-order chi connectivity index (χ1) is 10.3. The fourth-order valence-electron chi connectivity index (χ4n) is 2.02.